The van der Waals surface area contributed by atoms with Crippen LogP contribution in [-0.2, 0) is 16.0 Å². The number of para-hydroxylation sites is 1. The van der Waals surface area contributed by atoms with Crippen LogP contribution in [0.2, 0.25) is 0 Å². The summed E-state index contributed by atoms with van der Waals surface area (Å²) in [5.41, 5.74) is 4.53. The summed E-state index contributed by atoms with van der Waals surface area (Å²) in [5, 5.41) is 7.04. The summed E-state index contributed by atoms with van der Waals surface area (Å²) in [7, 11) is 0. The van der Waals surface area contributed by atoms with Gasteiger partial charge >= 0.3 is 0 Å². The molecule has 4 atom stereocenters. The smallest absolute Gasteiger partial charge is 0.255 e. The molecule has 0 radical (unpaired) electrons. The Morgan fingerprint density at radius 1 is 1.06 bits per heavy atom. The Morgan fingerprint density at radius 3 is 2.51 bits per heavy atom. The molecule has 3 aromatic rings. The Morgan fingerprint density at radius 2 is 1.77 bits per heavy atom. The van der Waals surface area contributed by atoms with Crippen molar-refractivity contribution in [3.05, 3.63) is 70.9 Å². The molecule has 0 aliphatic carbocycles. The first-order valence-corrected chi connectivity index (χ1v) is 12.4. The molecular weight excluding hydrogens is 440 g/mol. The third kappa shape index (κ3) is 3.79. The number of rotatable bonds is 6. The molecule has 35 heavy (non-hydrogen) atoms. The van der Waals surface area contributed by atoms with E-state index in [2.05, 4.69) is 21.7 Å². The summed E-state index contributed by atoms with van der Waals surface area (Å²) in [6.07, 6.45) is 1.19. The van der Waals surface area contributed by atoms with Crippen molar-refractivity contribution in [2.24, 2.45) is 5.92 Å². The van der Waals surface area contributed by atoms with Crippen LogP contribution in [0.3, 0.4) is 0 Å². The van der Waals surface area contributed by atoms with Gasteiger partial charge in [0.05, 0.1) is 6.04 Å². The summed E-state index contributed by atoms with van der Waals surface area (Å²) in [4.78, 5) is 45.5. The van der Waals surface area contributed by atoms with Crippen LogP contribution in [0.4, 0.5) is 0 Å². The van der Waals surface area contributed by atoms with Crippen LogP contribution in [0.15, 0.2) is 48.5 Å². The summed E-state index contributed by atoms with van der Waals surface area (Å²) >= 11 is 0. The number of aromatic amines is 1. The Balaban J connectivity index is 1.54. The van der Waals surface area contributed by atoms with Crippen LogP contribution in [0, 0.1) is 5.92 Å². The van der Waals surface area contributed by atoms with Crippen molar-refractivity contribution in [3.8, 4) is 0 Å². The van der Waals surface area contributed by atoms with E-state index in [-0.39, 0.29) is 35.7 Å². The fourth-order valence-electron chi connectivity index (χ4n) is 5.36. The fourth-order valence-corrected chi connectivity index (χ4v) is 5.36. The second-order valence-corrected chi connectivity index (χ2v) is 10.0. The normalized spacial score (nSPS) is 20.3. The van der Waals surface area contributed by atoms with Gasteiger partial charge in [0.25, 0.3) is 5.91 Å². The molecule has 2 aromatic carbocycles. The number of nitrogens with one attached hydrogen (secondary N) is 3. The average molecular weight is 473 g/mol. The van der Waals surface area contributed by atoms with Crippen molar-refractivity contribution < 1.29 is 14.4 Å². The number of H-pyrrole nitrogens is 1. The lowest BCUT2D eigenvalue weighted by Crippen LogP contribution is -2.58. The lowest BCUT2D eigenvalue weighted by Gasteiger charge is -2.38. The van der Waals surface area contributed by atoms with Gasteiger partial charge in [-0.3, -0.25) is 14.4 Å². The average Bonchev–Trinajstić information content (AvgIpc) is 3.37. The first-order chi connectivity index (χ1) is 16.8. The number of carbonyl (C=O) groups excluding carboxylic acids is 3. The maximum atomic E-state index is 13.8. The molecule has 0 saturated heterocycles. The Labute approximate surface area is 205 Å². The standard InChI is InChI=1S/C28H32N4O3/c1-5-16(4)29-27(34)23(15(2)3)31-26(33)22-14-20-17-10-8-9-13-21(17)30-24(20)25-18-11-6-7-12-19(18)28(35)32(22)25/h6-13,15-16,22-23,25,30H,5,14H2,1-4H3,(H,29,34)(H,31,33)/t16-,22-,23-,25+/m0/s1. The largest absolute Gasteiger partial charge is 0.356 e. The number of amides is 3. The quantitative estimate of drug-likeness (QED) is 0.511. The first kappa shape index (κ1) is 23.1. The lowest BCUT2D eigenvalue weighted by molar-refractivity contribution is -0.133. The van der Waals surface area contributed by atoms with E-state index in [1.165, 1.54) is 0 Å². The molecule has 182 valence electrons. The zero-order valence-corrected chi connectivity index (χ0v) is 20.6. The number of hydrogen-bond donors (Lipinski definition) is 3. The highest BCUT2D eigenvalue weighted by atomic mass is 16.2. The predicted octanol–water partition coefficient (Wildman–Crippen LogP) is 3.69. The second kappa shape index (κ2) is 8.87. The van der Waals surface area contributed by atoms with Crippen molar-refractivity contribution in [3.63, 3.8) is 0 Å². The van der Waals surface area contributed by atoms with Crippen LogP contribution in [0.5, 0.6) is 0 Å². The highest BCUT2D eigenvalue weighted by Gasteiger charge is 2.49. The van der Waals surface area contributed by atoms with E-state index >= 15 is 0 Å². The van der Waals surface area contributed by atoms with Gasteiger partial charge in [0.15, 0.2) is 0 Å². The van der Waals surface area contributed by atoms with Gasteiger partial charge in [-0.05, 0) is 42.5 Å². The highest BCUT2D eigenvalue weighted by molar-refractivity contribution is 6.04. The van der Waals surface area contributed by atoms with Crippen molar-refractivity contribution >= 4 is 28.6 Å². The molecule has 0 spiro atoms. The molecule has 3 N–H and O–H groups in total. The number of nitrogens with zero attached hydrogens (tertiary/aromatic N) is 1. The van der Waals surface area contributed by atoms with Gasteiger partial charge in [0, 0.05) is 34.6 Å². The highest BCUT2D eigenvalue weighted by Crippen LogP contribution is 2.46. The zero-order chi connectivity index (χ0) is 24.9. The number of fused-ring (bicyclic) bond motifs is 7. The molecule has 0 saturated carbocycles. The summed E-state index contributed by atoms with van der Waals surface area (Å²) < 4.78 is 0. The van der Waals surface area contributed by atoms with E-state index in [4.69, 9.17) is 0 Å². The van der Waals surface area contributed by atoms with E-state index in [0.717, 1.165) is 34.1 Å². The van der Waals surface area contributed by atoms with E-state index in [0.29, 0.717) is 12.0 Å². The predicted molar refractivity (Wildman–Crippen MR) is 135 cm³/mol. The van der Waals surface area contributed by atoms with E-state index in [1.807, 2.05) is 70.2 Å². The van der Waals surface area contributed by atoms with Gasteiger partial charge in [-0.2, -0.15) is 0 Å². The summed E-state index contributed by atoms with van der Waals surface area (Å²) in [6.45, 7) is 7.78. The van der Waals surface area contributed by atoms with E-state index in [1.54, 1.807) is 4.90 Å². The van der Waals surface area contributed by atoms with Crippen LogP contribution < -0.4 is 10.6 Å². The summed E-state index contributed by atoms with van der Waals surface area (Å²) in [6, 6.07) is 13.8. The molecule has 2 aliphatic heterocycles. The van der Waals surface area contributed by atoms with Gasteiger partial charge < -0.3 is 20.5 Å². The third-order valence-corrected chi connectivity index (χ3v) is 7.40. The lowest BCUT2D eigenvalue weighted by atomic mass is 9.89. The van der Waals surface area contributed by atoms with Gasteiger partial charge in [0.1, 0.15) is 12.1 Å². The second-order valence-electron chi connectivity index (χ2n) is 10.0. The van der Waals surface area contributed by atoms with Crippen molar-refractivity contribution in [1.29, 1.82) is 0 Å². The monoisotopic (exact) mass is 472 g/mol. The van der Waals surface area contributed by atoms with Gasteiger partial charge in [-0.1, -0.05) is 57.2 Å². The van der Waals surface area contributed by atoms with Crippen molar-refractivity contribution in [2.45, 2.75) is 64.7 Å². The Kier molecular flexibility index (Phi) is 5.87. The number of carbonyl (C=O) groups is 3. The van der Waals surface area contributed by atoms with Crippen molar-refractivity contribution in [1.82, 2.24) is 20.5 Å². The number of hydrogen-bond acceptors (Lipinski definition) is 3. The molecule has 3 heterocycles. The van der Waals surface area contributed by atoms with Crippen LogP contribution in [0.1, 0.15) is 67.3 Å². The van der Waals surface area contributed by atoms with E-state index < -0.39 is 12.1 Å². The molecule has 2 aliphatic rings. The molecule has 5 rings (SSSR count). The third-order valence-electron chi connectivity index (χ3n) is 7.40. The van der Waals surface area contributed by atoms with Crippen LogP contribution in [0.25, 0.3) is 10.9 Å². The minimum absolute atomic E-state index is 0.0168. The van der Waals surface area contributed by atoms with Crippen LogP contribution >= 0.6 is 0 Å². The van der Waals surface area contributed by atoms with E-state index in [9.17, 15) is 14.4 Å². The molecule has 0 unspecified atom stereocenters. The molecule has 3 amide bonds. The number of aromatic nitrogens is 1. The van der Waals surface area contributed by atoms with Gasteiger partial charge in [-0.25, -0.2) is 0 Å². The fraction of sp³-hybridized carbons (Fsp3) is 0.393. The minimum atomic E-state index is -0.718. The summed E-state index contributed by atoms with van der Waals surface area (Å²) in [5.74, 6) is -0.748. The zero-order valence-electron chi connectivity index (χ0n) is 20.6. The maximum Gasteiger partial charge on any atom is 0.255 e. The Bertz CT molecular complexity index is 1310. The minimum Gasteiger partial charge on any atom is -0.356 e. The van der Waals surface area contributed by atoms with Crippen LogP contribution in [-0.4, -0.2) is 45.7 Å². The van der Waals surface area contributed by atoms with Gasteiger partial charge in [-0.15, -0.1) is 0 Å². The molecule has 0 bridgehead atoms. The molecule has 7 nitrogen and oxygen atoms in total. The first-order valence-electron chi connectivity index (χ1n) is 12.4. The molecular formula is C28H32N4O3. The SMILES string of the molecule is CC[C@H](C)NC(=O)[C@@H](NC(=O)[C@@H]1Cc2c([nH]c3ccccc23)[C@H]2c3ccccc3C(=O)N21)C(C)C. The molecule has 0 fully saturated rings. The molecule has 1 aromatic heterocycles. The van der Waals surface area contributed by atoms with Crippen molar-refractivity contribution in [2.75, 3.05) is 0 Å². The molecule has 7 heteroatoms. The topological polar surface area (TPSA) is 94.3 Å². The maximum absolute atomic E-state index is 13.8. The number of benzene rings is 2. The van der Waals surface area contributed by atoms with Gasteiger partial charge in [0.2, 0.25) is 11.8 Å². The Hall–Kier alpha value is -3.61.